The molecule has 1 aliphatic heterocycles. The van der Waals surface area contributed by atoms with E-state index >= 15 is 0 Å². The van der Waals surface area contributed by atoms with Crippen LogP contribution in [0.15, 0.2) is 36.4 Å². The van der Waals surface area contributed by atoms with E-state index in [1.807, 2.05) is 18.2 Å². The molecule has 0 spiro atoms. The lowest BCUT2D eigenvalue weighted by molar-refractivity contribution is -0.147. The largest absolute Gasteiger partial charge is 0.486 e. The number of carbonyl (C=O) groups excluding carboxylic acids is 2. The van der Waals surface area contributed by atoms with E-state index in [2.05, 4.69) is 5.32 Å². The zero-order valence-electron chi connectivity index (χ0n) is 15.0. The van der Waals surface area contributed by atoms with E-state index in [0.29, 0.717) is 37.7 Å². The van der Waals surface area contributed by atoms with Gasteiger partial charge >= 0.3 is 5.97 Å². The van der Waals surface area contributed by atoms with Crippen LogP contribution in [0.4, 0.5) is 4.39 Å². The summed E-state index contributed by atoms with van der Waals surface area (Å²) in [6, 6.07) is 9.75. The molecule has 0 unspecified atom stereocenters. The van der Waals surface area contributed by atoms with Crippen molar-refractivity contribution in [2.45, 2.75) is 12.8 Å². The van der Waals surface area contributed by atoms with E-state index in [4.69, 9.17) is 25.8 Å². The quantitative estimate of drug-likeness (QED) is 0.714. The minimum Gasteiger partial charge on any atom is -0.486 e. The summed E-state index contributed by atoms with van der Waals surface area (Å²) in [6.07, 6.45) is 0.247. The second-order valence-corrected chi connectivity index (χ2v) is 6.52. The molecule has 0 saturated carbocycles. The van der Waals surface area contributed by atoms with E-state index in [-0.39, 0.29) is 17.0 Å². The zero-order valence-corrected chi connectivity index (χ0v) is 15.8. The summed E-state index contributed by atoms with van der Waals surface area (Å²) in [5, 5.41) is 2.80. The lowest BCUT2D eigenvalue weighted by Crippen LogP contribution is -2.30. The van der Waals surface area contributed by atoms with Gasteiger partial charge < -0.3 is 19.5 Å². The highest BCUT2D eigenvalue weighted by atomic mass is 35.5. The van der Waals surface area contributed by atoms with E-state index < -0.39 is 24.3 Å². The average Bonchev–Trinajstić information content (AvgIpc) is 2.69. The van der Waals surface area contributed by atoms with Crippen LogP contribution in [0.3, 0.4) is 0 Å². The van der Waals surface area contributed by atoms with Crippen LogP contribution in [0, 0.1) is 5.82 Å². The van der Waals surface area contributed by atoms with Crippen LogP contribution < -0.4 is 14.8 Å². The summed E-state index contributed by atoms with van der Waals surface area (Å²) in [5.41, 5.74) is 1.03. The van der Waals surface area contributed by atoms with Gasteiger partial charge in [0.1, 0.15) is 19.0 Å². The topological polar surface area (TPSA) is 73.9 Å². The smallest absolute Gasteiger partial charge is 0.310 e. The molecular formula is C20H19ClFNO5. The Hall–Kier alpha value is -2.80. The Bertz CT molecular complexity index is 853. The molecule has 148 valence electrons. The first-order valence-corrected chi connectivity index (χ1v) is 9.14. The van der Waals surface area contributed by atoms with Crippen molar-refractivity contribution in [1.29, 1.82) is 0 Å². The Morgan fingerprint density at radius 1 is 1.14 bits per heavy atom. The molecule has 0 saturated heterocycles. The molecule has 0 fully saturated rings. The summed E-state index contributed by atoms with van der Waals surface area (Å²) >= 11 is 5.86. The number of hydrogen-bond donors (Lipinski definition) is 1. The maximum absolute atomic E-state index is 13.7. The van der Waals surface area contributed by atoms with Crippen LogP contribution in [-0.4, -0.2) is 38.2 Å². The van der Waals surface area contributed by atoms with Crippen molar-refractivity contribution < 1.29 is 28.2 Å². The van der Waals surface area contributed by atoms with E-state index in [1.165, 1.54) is 18.2 Å². The van der Waals surface area contributed by atoms with E-state index in [0.717, 1.165) is 5.56 Å². The van der Waals surface area contributed by atoms with Crippen LogP contribution in [0.2, 0.25) is 5.02 Å². The molecule has 1 aliphatic rings. The third-order valence-electron chi connectivity index (χ3n) is 4.09. The molecule has 0 atom stereocenters. The normalized spacial score (nSPS) is 12.4. The summed E-state index contributed by atoms with van der Waals surface area (Å²) in [7, 11) is 0. The van der Waals surface area contributed by atoms with E-state index in [9.17, 15) is 14.0 Å². The van der Waals surface area contributed by atoms with Crippen LogP contribution in [0.5, 0.6) is 11.5 Å². The van der Waals surface area contributed by atoms with Gasteiger partial charge in [0.25, 0.3) is 5.91 Å². The van der Waals surface area contributed by atoms with Crippen molar-refractivity contribution in [3.05, 3.63) is 58.4 Å². The highest BCUT2D eigenvalue weighted by Crippen LogP contribution is 2.30. The second-order valence-electron chi connectivity index (χ2n) is 6.12. The molecule has 2 aromatic carbocycles. The second kappa shape index (κ2) is 9.41. The van der Waals surface area contributed by atoms with Crippen molar-refractivity contribution in [2.75, 3.05) is 26.4 Å². The predicted octanol–water partition coefficient (Wildman–Crippen LogP) is 2.69. The molecule has 28 heavy (non-hydrogen) atoms. The van der Waals surface area contributed by atoms with Crippen molar-refractivity contribution in [2.24, 2.45) is 0 Å². The molecule has 1 amide bonds. The monoisotopic (exact) mass is 407 g/mol. The van der Waals surface area contributed by atoms with Gasteiger partial charge in [-0.15, -0.1) is 0 Å². The highest BCUT2D eigenvalue weighted by molar-refractivity contribution is 6.31. The lowest BCUT2D eigenvalue weighted by atomic mass is 10.1. The van der Waals surface area contributed by atoms with Gasteiger partial charge in [0.15, 0.2) is 18.1 Å². The lowest BCUT2D eigenvalue weighted by Gasteiger charge is -2.18. The van der Waals surface area contributed by atoms with Crippen LogP contribution in [-0.2, 0) is 27.2 Å². The number of nitrogens with one attached hydrogen (secondary N) is 1. The van der Waals surface area contributed by atoms with Gasteiger partial charge in [-0.2, -0.15) is 0 Å². The Kier molecular flexibility index (Phi) is 6.71. The molecule has 0 radical (unpaired) electrons. The summed E-state index contributed by atoms with van der Waals surface area (Å²) < 4.78 is 29.5. The minimum atomic E-state index is -0.728. The number of carbonyl (C=O) groups is 2. The van der Waals surface area contributed by atoms with Gasteiger partial charge in [0.05, 0.1) is 6.42 Å². The van der Waals surface area contributed by atoms with Crippen LogP contribution in [0.1, 0.15) is 11.1 Å². The number of benzene rings is 2. The third-order valence-corrected chi connectivity index (χ3v) is 4.44. The van der Waals surface area contributed by atoms with Crippen molar-refractivity contribution in [3.63, 3.8) is 0 Å². The molecular weight excluding hydrogens is 389 g/mol. The molecule has 6 nitrogen and oxygen atoms in total. The molecule has 3 rings (SSSR count). The molecule has 8 heteroatoms. The zero-order chi connectivity index (χ0) is 19.9. The molecule has 2 aromatic rings. The van der Waals surface area contributed by atoms with Crippen molar-refractivity contribution >= 4 is 23.5 Å². The maximum atomic E-state index is 13.7. The Balaban J connectivity index is 1.39. The molecule has 0 aromatic heterocycles. The van der Waals surface area contributed by atoms with Gasteiger partial charge in [-0.25, -0.2) is 4.39 Å². The van der Waals surface area contributed by atoms with Gasteiger partial charge in [-0.05, 0) is 36.2 Å². The number of rotatable bonds is 7. The van der Waals surface area contributed by atoms with E-state index in [1.54, 1.807) is 0 Å². The number of fused-ring (bicyclic) bond motifs is 1. The van der Waals surface area contributed by atoms with Gasteiger partial charge in [0.2, 0.25) is 0 Å². The fraction of sp³-hybridized carbons (Fsp3) is 0.300. The molecule has 1 heterocycles. The van der Waals surface area contributed by atoms with Crippen molar-refractivity contribution in [1.82, 2.24) is 5.32 Å². The average molecular weight is 408 g/mol. The highest BCUT2D eigenvalue weighted by Gasteiger charge is 2.15. The van der Waals surface area contributed by atoms with Crippen molar-refractivity contribution in [3.8, 4) is 11.5 Å². The number of ether oxygens (including phenoxy) is 3. The molecule has 0 bridgehead atoms. The number of amides is 1. The molecule has 1 N–H and O–H groups in total. The predicted molar refractivity (Wildman–Crippen MR) is 100 cm³/mol. The molecule has 0 aliphatic carbocycles. The number of hydrogen-bond acceptors (Lipinski definition) is 5. The summed E-state index contributed by atoms with van der Waals surface area (Å²) in [5.74, 6) is -0.357. The van der Waals surface area contributed by atoms with Gasteiger partial charge in [-0.3, -0.25) is 9.59 Å². The fourth-order valence-corrected chi connectivity index (χ4v) is 2.91. The van der Waals surface area contributed by atoms with Gasteiger partial charge in [-0.1, -0.05) is 23.7 Å². The fourth-order valence-electron chi connectivity index (χ4n) is 2.68. The summed E-state index contributed by atoms with van der Waals surface area (Å²) in [4.78, 5) is 23.6. The third kappa shape index (κ3) is 5.36. The minimum absolute atomic E-state index is 0.0492. The van der Waals surface area contributed by atoms with Gasteiger partial charge in [0, 0.05) is 17.1 Å². The number of halogens is 2. The standard InChI is InChI=1S/C20H19ClFNO5/c21-15-2-1-3-16(22)14(15)11-20(25)28-12-19(24)23-7-6-13-4-5-17-18(10-13)27-9-8-26-17/h1-5,10H,6-9,11-12H2,(H,23,24). The Labute approximate surface area is 166 Å². The summed E-state index contributed by atoms with van der Waals surface area (Å²) in [6.45, 7) is 0.974. The van der Waals surface area contributed by atoms with Crippen LogP contribution in [0.25, 0.3) is 0 Å². The first kappa shape index (κ1) is 19.9. The Morgan fingerprint density at radius 3 is 2.71 bits per heavy atom. The number of esters is 1. The van der Waals surface area contributed by atoms with Crippen LogP contribution >= 0.6 is 11.6 Å². The first-order chi connectivity index (χ1) is 13.5. The SMILES string of the molecule is O=C(COC(=O)Cc1c(F)cccc1Cl)NCCc1ccc2c(c1)OCCO2. The Morgan fingerprint density at radius 2 is 1.93 bits per heavy atom. The first-order valence-electron chi connectivity index (χ1n) is 8.76. The maximum Gasteiger partial charge on any atom is 0.310 e.